The second-order valence-electron chi connectivity index (χ2n) is 10.4. The molecule has 2 amide bonds. The summed E-state index contributed by atoms with van der Waals surface area (Å²) in [5.41, 5.74) is 2.99. The largest absolute Gasteiger partial charge is 0.493 e. The number of rotatable bonds is 12. The van der Waals surface area contributed by atoms with Crippen LogP contribution in [0.5, 0.6) is 11.5 Å². The van der Waals surface area contributed by atoms with E-state index in [0.29, 0.717) is 31.2 Å². The molecule has 2 fully saturated rings. The Hall–Kier alpha value is -3.26. The first-order chi connectivity index (χ1) is 18.7. The summed E-state index contributed by atoms with van der Waals surface area (Å²) >= 11 is 0. The number of carbonyl (C=O) groups excluding carboxylic acids is 1. The van der Waals surface area contributed by atoms with E-state index in [9.17, 15) is 4.79 Å². The molecule has 8 heteroatoms. The quantitative estimate of drug-likeness (QED) is 0.294. The average molecular weight is 520 g/mol. The van der Waals surface area contributed by atoms with Gasteiger partial charge in [-0.05, 0) is 68.6 Å². The minimum atomic E-state index is 0.0248. The number of nitrogens with zero attached hydrogens (tertiary/aromatic N) is 5. The molecule has 2 aliphatic rings. The van der Waals surface area contributed by atoms with Crippen molar-refractivity contribution in [3.63, 3.8) is 0 Å². The van der Waals surface area contributed by atoms with Gasteiger partial charge in [0.15, 0.2) is 11.5 Å². The van der Waals surface area contributed by atoms with E-state index >= 15 is 0 Å². The molecule has 0 radical (unpaired) electrons. The molecule has 204 valence electrons. The molecular weight excluding hydrogens is 478 g/mol. The standard InChI is InChI=1S/C30H41N5O3/c1-3-4-7-21-38-28-22-25(9-10-27(28)37-2)35-17-8-16-34(30(35)36)23-24-11-13-31-29-26(24)12-18-33(29)20-19-32-14-5-6-15-32/h9-13,18,22H,3-8,14-17,19-21,23H2,1-2H3. The van der Waals surface area contributed by atoms with E-state index in [1.807, 2.05) is 34.2 Å². The van der Waals surface area contributed by atoms with E-state index in [2.05, 4.69) is 39.7 Å². The maximum Gasteiger partial charge on any atom is 0.324 e. The Balaban J connectivity index is 1.29. The zero-order valence-electron chi connectivity index (χ0n) is 22.9. The van der Waals surface area contributed by atoms with Gasteiger partial charge in [0.2, 0.25) is 0 Å². The molecule has 0 spiro atoms. The van der Waals surface area contributed by atoms with E-state index < -0.39 is 0 Å². The summed E-state index contributed by atoms with van der Waals surface area (Å²) in [5, 5.41) is 1.13. The highest BCUT2D eigenvalue weighted by Crippen LogP contribution is 2.33. The minimum absolute atomic E-state index is 0.0248. The first-order valence-corrected chi connectivity index (χ1v) is 14.2. The normalized spacial score (nSPS) is 16.5. The van der Waals surface area contributed by atoms with Crippen LogP contribution in [0.25, 0.3) is 11.0 Å². The second kappa shape index (κ2) is 12.5. The highest BCUT2D eigenvalue weighted by Gasteiger charge is 2.28. The van der Waals surface area contributed by atoms with Crippen molar-refractivity contribution in [3.05, 3.63) is 48.3 Å². The van der Waals surface area contributed by atoms with E-state index in [1.165, 1.54) is 25.9 Å². The van der Waals surface area contributed by atoms with Gasteiger partial charge in [-0.25, -0.2) is 9.78 Å². The lowest BCUT2D eigenvalue weighted by Crippen LogP contribution is -2.49. The molecular formula is C30H41N5O3. The number of benzene rings is 1. The Labute approximate surface area is 226 Å². The summed E-state index contributed by atoms with van der Waals surface area (Å²) in [4.78, 5) is 24.7. The van der Waals surface area contributed by atoms with Gasteiger partial charge in [-0.15, -0.1) is 0 Å². The van der Waals surface area contributed by atoms with E-state index in [1.54, 1.807) is 7.11 Å². The van der Waals surface area contributed by atoms with Crippen molar-refractivity contribution in [3.8, 4) is 11.5 Å². The van der Waals surface area contributed by atoms with Gasteiger partial charge in [0.25, 0.3) is 0 Å². The van der Waals surface area contributed by atoms with Crippen LogP contribution in [0.2, 0.25) is 0 Å². The molecule has 2 aliphatic heterocycles. The smallest absolute Gasteiger partial charge is 0.324 e. The van der Waals surface area contributed by atoms with Gasteiger partial charge >= 0.3 is 6.03 Å². The van der Waals surface area contributed by atoms with Crippen LogP contribution in [-0.2, 0) is 13.1 Å². The van der Waals surface area contributed by atoms with Crippen LogP contribution in [0.3, 0.4) is 0 Å². The Bertz CT molecular complexity index is 1220. The summed E-state index contributed by atoms with van der Waals surface area (Å²) < 4.78 is 13.8. The number of fused-ring (bicyclic) bond motifs is 1. The van der Waals surface area contributed by atoms with Crippen LogP contribution in [0.1, 0.15) is 51.0 Å². The lowest BCUT2D eigenvalue weighted by atomic mass is 10.1. The van der Waals surface area contributed by atoms with Gasteiger partial charge < -0.3 is 23.8 Å². The van der Waals surface area contributed by atoms with Crippen molar-refractivity contribution < 1.29 is 14.3 Å². The van der Waals surface area contributed by atoms with E-state index in [4.69, 9.17) is 9.47 Å². The van der Waals surface area contributed by atoms with Crippen molar-refractivity contribution in [1.82, 2.24) is 19.4 Å². The molecule has 38 heavy (non-hydrogen) atoms. The third kappa shape index (κ3) is 5.90. The highest BCUT2D eigenvalue weighted by molar-refractivity contribution is 5.93. The summed E-state index contributed by atoms with van der Waals surface area (Å²) in [6.45, 7) is 9.22. The Morgan fingerprint density at radius 2 is 1.82 bits per heavy atom. The second-order valence-corrected chi connectivity index (χ2v) is 10.4. The van der Waals surface area contributed by atoms with Crippen LogP contribution >= 0.6 is 0 Å². The predicted molar refractivity (Wildman–Crippen MR) is 151 cm³/mol. The van der Waals surface area contributed by atoms with Crippen molar-refractivity contribution >= 4 is 22.8 Å². The molecule has 1 aromatic carbocycles. The molecule has 0 unspecified atom stereocenters. The molecule has 0 N–H and O–H groups in total. The van der Waals surface area contributed by atoms with Crippen LogP contribution in [0.15, 0.2) is 42.7 Å². The summed E-state index contributed by atoms with van der Waals surface area (Å²) in [6.07, 6.45) is 10.8. The Morgan fingerprint density at radius 1 is 0.947 bits per heavy atom. The molecule has 8 nitrogen and oxygen atoms in total. The van der Waals surface area contributed by atoms with Gasteiger partial charge in [0, 0.05) is 62.3 Å². The predicted octanol–water partition coefficient (Wildman–Crippen LogP) is 5.54. The fourth-order valence-corrected chi connectivity index (χ4v) is 5.57. The monoisotopic (exact) mass is 519 g/mol. The van der Waals surface area contributed by atoms with Gasteiger partial charge in [0.1, 0.15) is 5.65 Å². The first-order valence-electron chi connectivity index (χ1n) is 14.2. The number of pyridine rings is 1. The number of ether oxygens (including phenoxy) is 2. The van der Waals surface area contributed by atoms with Crippen LogP contribution < -0.4 is 14.4 Å². The van der Waals surface area contributed by atoms with Gasteiger partial charge in [0.05, 0.1) is 13.7 Å². The number of carbonyl (C=O) groups is 1. The molecule has 2 saturated heterocycles. The Morgan fingerprint density at radius 3 is 2.63 bits per heavy atom. The van der Waals surface area contributed by atoms with Crippen molar-refractivity contribution in [1.29, 1.82) is 0 Å². The zero-order valence-corrected chi connectivity index (χ0v) is 22.9. The zero-order chi connectivity index (χ0) is 26.3. The number of urea groups is 1. The summed E-state index contributed by atoms with van der Waals surface area (Å²) in [6, 6.07) is 10.0. The maximum atomic E-state index is 13.6. The summed E-state index contributed by atoms with van der Waals surface area (Å²) in [5.74, 6) is 1.39. The van der Waals surface area contributed by atoms with Gasteiger partial charge in [-0.1, -0.05) is 19.8 Å². The third-order valence-corrected chi connectivity index (χ3v) is 7.75. The number of methoxy groups -OCH3 is 1. The van der Waals surface area contributed by atoms with Gasteiger partial charge in [-0.2, -0.15) is 0 Å². The fourth-order valence-electron chi connectivity index (χ4n) is 5.57. The molecule has 0 bridgehead atoms. The molecule has 4 heterocycles. The molecule has 5 rings (SSSR count). The van der Waals surface area contributed by atoms with E-state index in [0.717, 1.165) is 67.6 Å². The van der Waals surface area contributed by atoms with Crippen LogP contribution in [0.4, 0.5) is 10.5 Å². The first kappa shape index (κ1) is 26.4. The van der Waals surface area contributed by atoms with Crippen molar-refractivity contribution in [2.45, 2.75) is 58.5 Å². The molecule has 0 atom stereocenters. The molecule has 2 aromatic heterocycles. The SMILES string of the molecule is CCCCCOc1cc(N2CCCN(Cc3ccnc4c3ccn4CCN3CCCC3)C2=O)ccc1OC. The highest BCUT2D eigenvalue weighted by atomic mass is 16.5. The lowest BCUT2D eigenvalue weighted by molar-refractivity contribution is 0.192. The van der Waals surface area contributed by atoms with Crippen molar-refractivity contribution in [2.75, 3.05) is 51.3 Å². The number of unbranched alkanes of at least 4 members (excludes halogenated alkanes) is 2. The maximum absolute atomic E-state index is 13.6. The minimum Gasteiger partial charge on any atom is -0.493 e. The third-order valence-electron chi connectivity index (χ3n) is 7.75. The summed E-state index contributed by atoms with van der Waals surface area (Å²) in [7, 11) is 1.65. The molecule has 3 aromatic rings. The number of aromatic nitrogens is 2. The number of anilines is 1. The molecule has 0 aliphatic carbocycles. The average Bonchev–Trinajstić information content (AvgIpc) is 3.61. The Kier molecular flexibility index (Phi) is 8.68. The van der Waals surface area contributed by atoms with E-state index in [-0.39, 0.29) is 6.03 Å². The topological polar surface area (TPSA) is 63.1 Å². The fraction of sp³-hybridized carbons (Fsp3) is 0.533. The number of likely N-dealkylation sites (tertiary alicyclic amines) is 1. The lowest BCUT2D eigenvalue weighted by Gasteiger charge is -2.36. The van der Waals surface area contributed by atoms with Crippen LogP contribution in [-0.4, -0.2) is 71.8 Å². The number of hydrogen-bond donors (Lipinski definition) is 0. The van der Waals surface area contributed by atoms with Crippen LogP contribution in [0, 0.1) is 0 Å². The molecule has 0 saturated carbocycles. The number of hydrogen-bond acceptors (Lipinski definition) is 5. The number of amides is 2. The van der Waals surface area contributed by atoms with Crippen molar-refractivity contribution in [2.24, 2.45) is 0 Å². The van der Waals surface area contributed by atoms with Gasteiger partial charge in [-0.3, -0.25) is 4.90 Å².